The predicted octanol–water partition coefficient (Wildman–Crippen LogP) is 2.35. The van der Waals surface area contributed by atoms with Gasteiger partial charge in [-0.05, 0) is 32.5 Å². The monoisotopic (exact) mass is 314 g/mol. The van der Waals surface area contributed by atoms with Gasteiger partial charge in [0.25, 0.3) is 0 Å². The van der Waals surface area contributed by atoms with Crippen LogP contribution in [0.4, 0.5) is 0 Å². The summed E-state index contributed by atoms with van der Waals surface area (Å²) in [6.45, 7) is 5.69. The van der Waals surface area contributed by atoms with Gasteiger partial charge in [0.15, 0.2) is 0 Å². The Kier molecular flexibility index (Phi) is 8.09. The third kappa shape index (κ3) is 5.50. The zero-order valence-corrected chi connectivity index (χ0v) is 15.1. The van der Waals surface area contributed by atoms with E-state index in [1.165, 1.54) is 43.5 Å². The number of rotatable bonds is 6. The van der Waals surface area contributed by atoms with Crippen LogP contribution in [0.15, 0.2) is 60.7 Å². The Morgan fingerprint density at radius 3 is 1.96 bits per heavy atom. The van der Waals surface area contributed by atoms with Crippen molar-refractivity contribution < 1.29 is 18.9 Å². The van der Waals surface area contributed by atoms with Crippen LogP contribution in [0.3, 0.4) is 0 Å². The van der Waals surface area contributed by atoms with Gasteiger partial charge in [-0.2, -0.15) is 0 Å². The summed E-state index contributed by atoms with van der Waals surface area (Å²) in [5.74, 6) is 0. The first-order chi connectivity index (χ1) is 11.3. The fourth-order valence-corrected chi connectivity index (χ4v) is 3.39. The van der Waals surface area contributed by atoms with Gasteiger partial charge in [-0.25, -0.2) is 0 Å². The van der Waals surface area contributed by atoms with Crippen LogP contribution in [0.25, 0.3) is 5.32 Å². The first-order valence-corrected chi connectivity index (χ1v) is 8.85. The molecular weight excluding hydrogens is 287 g/mol. The standard InChI is InChI=1S/C21H27N2.Li/c1-18(19-11-5-2-6-12-19)22-21(20-13-7-3-8-14-20)17-23-15-9-4-10-16-23;/h2-3,5-8,11-14,18,21H,4,9-10,15-17H2,1H3;/q-1;+1. The van der Waals surface area contributed by atoms with E-state index < -0.39 is 0 Å². The van der Waals surface area contributed by atoms with Crippen molar-refractivity contribution in [2.24, 2.45) is 0 Å². The number of likely N-dealkylation sites (tertiary alicyclic amines) is 1. The molecule has 1 heterocycles. The van der Waals surface area contributed by atoms with Crippen LogP contribution in [0.2, 0.25) is 0 Å². The molecule has 3 heteroatoms. The summed E-state index contributed by atoms with van der Waals surface area (Å²) in [7, 11) is 0. The zero-order chi connectivity index (χ0) is 15.9. The third-order valence-corrected chi connectivity index (χ3v) is 4.75. The molecule has 1 saturated heterocycles. The number of nitrogens with zero attached hydrogens (tertiary/aromatic N) is 2. The smallest absolute Gasteiger partial charge is 0.648 e. The van der Waals surface area contributed by atoms with E-state index in [2.05, 4.69) is 72.5 Å². The van der Waals surface area contributed by atoms with Gasteiger partial charge in [0.1, 0.15) is 0 Å². The Morgan fingerprint density at radius 1 is 0.833 bits per heavy atom. The quantitative estimate of drug-likeness (QED) is 0.748. The normalized spacial score (nSPS) is 17.7. The van der Waals surface area contributed by atoms with E-state index in [4.69, 9.17) is 5.32 Å². The molecule has 2 aromatic rings. The summed E-state index contributed by atoms with van der Waals surface area (Å²) < 4.78 is 0. The summed E-state index contributed by atoms with van der Waals surface area (Å²) in [5, 5.41) is 5.17. The van der Waals surface area contributed by atoms with E-state index >= 15 is 0 Å². The maximum Gasteiger partial charge on any atom is 1.00 e. The second-order valence-electron chi connectivity index (χ2n) is 6.52. The van der Waals surface area contributed by atoms with Gasteiger partial charge in [0.05, 0.1) is 0 Å². The van der Waals surface area contributed by atoms with E-state index in [-0.39, 0.29) is 30.9 Å². The molecule has 2 atom stereocenters. The fraction of sp³-hybridized carbons (Fsp3) is 0.429. The average molecular weight is 314 g/mol. The number of hydrogen-bond donors (Lipinski definition) is 0. The molecule has 2 nitrogen and oxygen atoms in total. The minimum absolute atomic E-state index is 0. The Labute approximate surface area is 158 Å². The first-order valence-electron chi connectivity index (χ1n) is 8.85. The summed E-state index contributed by atoms with van der Waals surface area (Å²) >= 11 is 0. The van der Waals surface area contributed by atoms with Crippen molar-refractivity contribution >= 4 is 0 Å². The number of benzene rings is 2. The minimum atomic E-state index is 0. The van der Waals surface area contributed by atoms with Crippen LogP contribution < -0.4 is 18.9 Å². The molecule has 2 aromatic carbocycles. The molecule has 0 radical (unpaired) electrons. The summed E-state index contributed by atoms with van der Waals surface area (Å²) in [4.78, 5) is 2.59. The van der Waals surface area contributed by atoms with Crippen molar-refractivity contribution in [2.45, 2.75) is 38.3 Å². The Balaban J connectivity index is 0.00000208. The predicted molar refractivity (Wildman–Crippen MR) is 97.7 cm³/mol. The van der Waals surface area contributed by atoms with Gasteiger partial charge in [0, 0.05) is 0 Å². The molecular formula is C21H27LiN2. The van der Waals surface area contributed by atoms with Crippen molar-refractivity contribution in [1.29, 1.82) is 0 Å². The molecule has 1 fully saturated rings. The molecule has 0 amide bonds. The molecule has 0 bridgehead atoms. The molecule has 1 aliphatic heterocycles. The molecule has 122 valence electrons. The van der Waals surface area contributed by atoms with Gasteiger partial charge in [-0.3, -0.25) is 0 Å². The van der Waals surface area contributed by atoms with Gasteiger partial charge < -0.3 is 10.2 Å². The van der Waals surface area contributed by atoms with Crippen LogP contribution in [0.1, 0.15) is 49.4 Å². The first kappa shape index (κ1) is 19.3. The molecule has 24 heavy (non-hydrogen) atoms. The van der Waals surface area contributed by atoms with E-state index in [1.807, 2.05) is 0 Å². The SMILES string of the molecule is CC([N-]C(CN1CCCCC1)c1ccccc1)c1ccccc1.[Li+]. The summed E-state index contributed by atoms with van der Waals surface area (Å²) in [5.41, 5.74) is 2.63. The van der Waals surface area contributed by atoms with Crippen LogP contribution >= 0.6 is 0 Å². The van der Waals surface area contributed by atoms with E-state index in [1.54, 1.807) is 0 Å². The molecule has 1 aliphatic rings. The van der Waals surface area contributed by atoms with Crippen LogP contribution in [0.5, 0.6) is 0 Å². The second-order valence-corrected chi connectivity index (χ2v) is 6.52. The molecule has 0 aromatic heterocycles. The fourth-order valence-electron chi connectivity index (χ4n) is 3.39. The van der Waals surface area contributed by atoms with Crippen molar-refractivity contribution in [2.75, 3.05) is 19.6 Å². The maximum absolute atomic E-state index is 5.17. The topological polar surface area (TPSA) is 17.3 Å². The molecule has 0 aliphatic carbocycles. The van der Waals surface area contributed by atoms with Crippen molar-refractivity contribution in [1.82, 2.24) is 4.90 Å². The van der Waals surface area contributed by atoms with Gasteiger partial charge in [-0.1, -0.05) is 91.2 Å². The molecule has 3 rings (SSSR count). The molecule has 0 saturated carbocycles. The van der Waals surface area contributed by atoms with Gasteiger partial charge in [0.2, 0.25) is 0 Å². The maximum atomic E-state index is 5.17. The molecule has 2 unspecified atom stereocenters. The van der Waals surface area contributed by atoms with E-state index in [9.17, 15) is 0 Å². The Morgan fingerprint density at radius 2 is 1.38 bits per heavy atom. The summed E-state index contributed by atoms with van der Waals surface area (Å²) in [6.07, 6.45) is 4.04. The van der Waals surface area contributed by atoms with Crippen molar-refractivity contribution in [3.05, 3.63) is 77.1 Å². The molecule has 0 N–H and O–H groups in total. The second kappa shape index (κ2) is 10.1. The van der Waals surface area contributed by atoms with Crippen LogP contribution in [-0.4, -0.2) is 24.5 Å². The van der Waals surface area contributed by atoms with Gasteiger partial charge in [-0.15, -0.1) is 6.04 Å². The average Bonchev–Trinajstić information content (AvgIpc) is 2.63. The van der Waals surface area contributed by atoms with Crippen LogP contribution in [-0.2, 0) is 0 Å². The number of hydrogen-bond acceptors (Lipinski definition) is 1. The third-order valence-electron chi connectivity index (χ3n) is 4.75. The number of piperidine rings is 1. The Hall–Kier alpha value is -1.04. The van der Waals surface area contributed by atoms with E-state index in [0.717, 1.165) is 6.54 Å². The zero-order valence-electron chi connectivity index (χ0n) is 15.1. The van der Waals surface area contributed by atoms with Crippen LogP contribution in [0, 0.1) is 0 Å². The van der Waals surface area contributed by atoms with Crippen molar-refractivity contribution in [3.8, 4) is 0 Å². The van der Waals surface area contributed by atoms with Crippen molar-refractivity contribution in [3.63, 3.8) is 0 Å². The summed E-state index contributed by atoms with van der Waals surface area (Å²) in [6, 6.07) is 21.9. The van der Waals surface area contributed by atoms with Gasteiger partial charge >= 0.3 is 18.9 Å². The largest absolute Gasteiger partial charge is 1.00 e. The molecule has 0 spiro atoms. The van der Waals surface area contributed by atoms with E-state index in [0.29, 0.717) is 0 Å². The minimum Gasteiger partial charge on any atom is -0.648 e. The Bertz CT molecular complexity index is 567.